The van der Waals surface area contributed by atoms with Gasteiger partial charge in [0, 0.05) is 11.1 Å². The molecule has 0 unspecified atom stereocenters. The van der Waals surface area contributed by atoms with E-state index in [1.807, 2.05) is 0 Å². The first kappa shape index (κ1) is 11.8. The average molecular weight is 287 g/mol. The highest BCUT2D eigenvalue weighted by Crippen LogP contribution is 2.29. The minimum atomic E-state index is -2.62. The minimum absolute atomic E-state index is 0.0427. The molecule has 14 heavy (non-hydrogen) atoms. The summed E-state index contributed by atoms with van der Waals surface area (Å²) in [6.07, 6.45) is -2.62. The molecule has 1 heterocycles. The van der Waals surface area contributed by atoms with Crippen LogP contribution in [0.1, 0.15) is 23.2 Å². The maximum Gasteiger partial charge on any atom is 0.264 e. The van der Waals surface area contributed by atoms with Crippen LogP contribution in [0.25, 0.3) is 0 Å². The molecule has 0 aliphatic carbocycles. The molecule has 0 saturated heterocycles. The predicted octanol–water partition coefficient (Wildman–Crippen LogP) is 3.01. The third-order valence-corrected chi connectivity index (χ3v) is 2.62. The molecule has 0 bridgehead atoms. The summed E-state index contributed by atoms with van der Waals surface area (Å²) < 4.78 is 25.3. The molecular weight excluding hydrogens is 279 g/mol. The molecule has 2 nitrogen and oxygen atoms in total. The second-order valence-electron chi connectivity index (χ2n) is 2.56. The Bertz CT molecular complexity index is 335. The largest absolute Gasteiger partial charge is 0.390 e. The van der Waals surface area contributed by atoms with Gasteiger partial charge in [-0.15, -0.1) is 11.6 Å². The van der Waals surface area contributed by atoms with Crippen LogP contribution in [-0.2, 0) is 12.5 Å². The van der Waals surface area contributed by atoms with Crippen molar-refractivity contribution in [2.45, 2.75) is 18.9 Å². The molecule has 6 heteroatoms. The fourth-order valence-electron chi connectivity index (χ4n) is 1.02. The van der Waals surface area contributed by atoms with E-state index in [4.69, 9.17) is 16.7 Å². The Balaban J connectivity index is 3.28. The van der Waals surface area contributed by atoms with Gasteiger partial charge in [0.1, 0.15) is 4.60 Å². The van der Waals surface area contributed by atoms with Crippen molar-refractivity contribution < 1.29 is 13.9 Å². The normalized spacial score (nSPS) is 11.0. The smallest absolute Gasteiger partial charge is 0.264 e. The lowest BCUT2D eigenvalue weighted by molar-refractivity contribution is 0.150. The van der Waals surface area contributed by atoms with Gasteiger partial charge >= 0.3 is 0 Å². The number of aliphatic hydroxyl groups is 1. The van der Waals surface area contributed by atoms with Crippen LogP contribution in [0.2, 0.25) is 0 Å². The number of rotatable bonds is 3. The molecule has 0 fully saturated rings. The molecule has 78 valence electrons. The van der Waals surface area contributed by atoms with E-state index in [1.165, 1.54) is 0 Å². The molecule has 1 rings (SSSR count). The van der Waals surface area contributed by atoms with E-state index in [9.17, 15) is 8.78 Å². The van der Waals surface area contributed by atoms with Crippen LogP contribution in [0.5, 0.6) is 0 Å². The van der Waals surface area contributed by atoms with E-state index in [1.54, 1.807) is 0 Å². The van der Waals surface area contributed by atoms with Gasteiger partial charge in [0.25, 0.3) is 6.43 Å². The average Bonchev–Trinajstić information content (AvgIpc) is 2.16. The summed E-state index contributed by atoms with van der Waals surface area (Å²) in [5.74, 6) is -0.0427. The number of nitrogens with zero attached hydrogens (tertiary/aromatic N) is 1. The third kappa shape index (κ3) is 2.40. The van der Waals surface area contributed by atoms with Crippen LogP contribution in [0, 0.1) is 0 Å². The van der Waals surface area contributed by atoms with E-state index < -0.39 is 6.43 Å². The zero-order chi connectivity index (χ0) is 10.7. The van der Waals surface area contributed by atoms with Crippen LogP contribution in [0.15, 0.2) is 10.7 Å². The molecule has 0 radical (unpaired) electrons. The van der Waals surface area contributed by atoms with Gasteiger partial charge in [-0.05, 0) is 22.0 Å². The lowest BCUT2D eigenvalue weighted by atomic mass is 10.1. The van der Waals surface area contributed by atoms with Crippen LogP contribution in [0.4, 0.5) is 8.78 Å². The van der Waals surface area contributed by atoms with E-state index in [2.05, 4.69) is 20.9 Å². The predicted molar refractivity (Wildman–Crippen MR) is 52.4 cm³/mol. The molecule has 0 spiro atoms. The number of hydrogen-bond acceptors (Lipinski definition) is 2. The fourth-order valence-corrected chi connectivity index (χ4v) is 2.06. The number of halogens is 4. The van der Waals surface area contributed by atoms with Crippen molar-refractivity contribution in [2.24, 2.45) is 0 Å². The number of aromatic nitrogens is 1. The lowest BCUT2D eigenvalue weighted by Gasteiger charge is -2.09. The van der Waals surface area contributed by atoms with E-state index in [0.717, 1.165) is 6.07 Å². The van der Waals surface area contributed by atoms with Crippen molar-refractivity contribution in [2.75, 3.05) is 0 Å². The van der Waals surface area contributed by atoms with Gasteiger partial charge in [-0.3, -0.25) is 0 Å². The fraction of sp³-hybridized carbons (Fsp3) is 0.375. The van der Waals surface area contributed by atoms with Gasteiger partial charge in [-0.25, -0.2) is 13.8 Å². The van der Waals surface area contributed by atoms with E-state index in [-0.39, 0.29) is 33.9 Å². The molecule has 1 N–H and O–H groups in total. The van der Waals surface area contributed by atoms with Gasteiger partial charge in [-0.2, -0.15) is 0 Å². The first-order valence-electron chi connectivity index (χ1n) is 3.73. The maximum absolute atomic E-state index is 12.5. The maximum atomic E-state index is 12.5. The molecule has 0 aromatic carbocycles. The Kier molecular flexibility index (Phi) is 4.22. The zero-order valence-corrected chi connectivity index (χ0v) is 9.32. The molecule has 0 saturated carbocycles. The number of aliphatic hydroxyl groups excluding tert-OH is 1. The summed E-state index contributed by atoms with van der Waals surface area (Å²) in [4.78, 5) is 3.85. The monoisotopic (exact) mass is 285 g/mol. The topological polar surface area (TPSA) is 33.1 Å². The molecule has 1 aromatic rings. The van der Waals surface area contributed by atoms with Crippen molar-refractivity contribution in [3.8, 4) is 0 Å². The molecule has 0 amide bonds. The first-order chi connectivity index (χ1) is 6.60. The van der Waals surface area contributed by atoms with E-state index in [0.29, 0.717) is 0 Å². The summed E-state index contributed by atoms with van der Waals surface area (Å²) in [5, 5.41) is 8.77. The van der Waals surface area contributed by atoms with Crippen molar-refractivity contribution in [1.82, 2.24) is 4.98 Å². The molecule has 0 aliphatic heterocycles. The highest BCUT2D eigenvalue weighted by Gasteiger charge is 2.17. The van der Waals surface area contributed by atoms with Crippen molar-refractivity contribution in [1.29, 1.82) is 0 Å². The number of pyridine rings is 1. The Labute approximate surface area is 93.0 Å². The van der Waals surface area contributed by atoms with Gasteiger partial charge in [0.2, 0.25) is 0 Å². The summed E-state index contributed by atoms with van der Waals surface area (Å²) in [6.45, 7) is -0.374. The molecule has 0 atom stereocenters. The summed E-state index contributed by atoms with van der Waals surface area (Å²) >= 11 is 8.54. The second kappa shape index (κ2) is 5.00. The summed E-state index contributed by atoms with van der Waals surface area (Å²) in [5.41, 5.74) is 0.269. The zero-order valence-electron chi connectivity index (χ0n) is 6.98. The molecule has 0 aliphatic rings. The van der Waals surface area contributed by atoms with Gasteiger partial charge in [0.05, 0.1) is 18.2 Å². The Hall–Kier alpha value is -0.260. The van der Waals surface area contributed by atoms with Crippen LogP contribution < -0.4 is 0 Å². The van der Waals surface area contributed by atoms with Crippen molar-refractivity contribution >= 4 is 27.5 Å². The number of alkyl halides is 3. The highest BCUT2D eigenvalue weighted by atomic mass is 79.9. The summed E-state index contributed by atoms with van der Waals surface area (Å²) in [7, 11) is 0. The van der Waals surface area contributed by atoms with Gasteiger partial charge < -0.3 is 5.11 Å². The Morgan fingerprint density at radius 1 is 1.57 bits per heavy atom. The lowest BCUT2D eigenvalue weighted by Crippen LogP contribution is -2.00. The SMILES string of the molecule is OCc1cc(C(F)F)c(CCl)c(Br)n1. The van der Waals surface area contributed by atoms with Crippen LogP contribution in [-0.4, -0.2) is 10.1 Å². The van der Waals surface area contributed by atoms with Crippen molar-refractivity contribution in [3.63, 3.8) is 0 Å². The number of hydrogen-bond donors (Lipinski definition) is 1. The summed E-state index contributed by atoms with van der Waals surface area (Å²) in [6, 6.07) is 1.16. The quantitative estimate of drug-likeness (QED) is 0.684. The molecular formula is C8H7BrClF2NO. The minimum Gasteiger partial charge on any atom is -0.390 e. The standard InChI is InChI=1S/C8H7BrClF2NO/c9-7-6(2-10)5(8(11)12)1-4(3-14)13-7/h1,8,14H,2-3H2. The van der Waals surface area contributed by atoms with E-state index >= 15 is 0 Å². The Morgan fingerprint density at radius 3 is 2.64 bits per heavy atom. The van der Waals surface area contributed by atoms with Crippen molar-refractivity contribution in [3.05, 3.63) is 27.5 Å². The second-order valence-corrected chi connectivity index (χ2v) is 3.58. The van der Waals surface area contributed by atoms with Gasteiger partial charge in [-0.1, -0.05) is 0 Å². The van der Waals surface area contributed by atoms with Gasteiger partial charge in [0.15, 0.2) is 0 Å². The molecule has 1 aromatic heterocycles. The van der Waals surface area contributed by atoms with Crippen LogP contribution in [0.3, 0.4) is 0 Å². The highest BCUT2D eigenvalue weighted by molar-refractivity contribution is 9.10. The third-order valence-electron chi connectivity index (χ3n) is 1.69. The first-order valence-corrected chi connectivity index (χ1v) is 5.06. The Morgan fingerprint density at radius 2 is 2.21 bits per heavy atom. The van der Waals surface area contributed by atoms with Crippen LogP contribution >= 0.6 is 27.5 Å².